The number of allylic oxidation sites excluding steroid dienone is 4. The summed E-state index contributed by atoms with van der Waals surface area (Å²) >= 11 is 0. The Hall–Kier alpha value is -1.25. The number of hydrogen-bond acceptors (Lipinski definition) is 2. The van der Waals surface area contributed by atoms with Crippen LogP contribution in [0.1, 0.15) is 53.4 Å². The maximum atomic E-state index is 11.8. The molecule has 0 aromatic carbocycles. The molecular weight excluding hydrogens is 250 g/mol. The third-order valence-electron chi connectivity index (χ3n) is 4.00. The van der Waals surface area contributed by atoms with Crippen LogP contribution in [0.3, 0.4) is 0 Å². The predicted molar refractivity (Wildman–Crippen MR) is 83.6 cm³/mol. The summed E-state index contributed by atoms with van der Waals surface area (Å²) in [5.74, 6) is 1.03. The van der Waals surface area contributed by atoms with E-state index in [0.29, 0.717) is 11.8 Å². The van der Waals surface area contributed by atoms with Gasteiger partial charge in [-0.2, -0.15) is 0 Å². The summed E-state index contributed by atoms with van der Waals surface area (Å²) in [4.78, 5) is 11.8. The van der Waals surface area contributed by atoms with Crippen LogP contribution >= 0.6 is 0 Å². The van der Waals surface area contributed by atoms with Crippen molar-refractivity contribution in [1.29, 1.82) is 0 Å². The normalized spacial score (nSPS) is 29.2. The molecule has 1 aliphatic carbocycles. The van der Waals surface area contributed by atoms with Crippen molar-refractivity contribution in [2.24, 2.45) is 11.8 Å². The van der Waals surface area contributed by atoms with E-state index >= 15 is 0 Å². The Bertz CT molecular complexity index is 349. The van der Waals surface area contributed by atoms with Crippen molar-refractivity contribution in [1.82, 2.24) is 5.32 Å². The van der Waals surface area contributed by atoms with Gasteiger partial charge in [0.1, 0.15) is 6.10 Å². The van der Waals surface area contributed by atoms with Crippen LogP contribution < -0.4 is 5.32 Å². The van der Waals surface area contributed by atoms with E-state index in [1.807, 2.05) is 13.8 Å². The first-order valence-corrected chi connectivity index (χ1v) is 7.83. The van der Waals surface area contributed by atoms with E-state index < -0.39 is 0 Å². The molecule has 1 rings (SSSR count). The van der Waals surface area contributed by atoms with Crippen LogP contribution in [-0.4, -0.2) is 18.2 Å². The molecule has 0 saturated heterocycles. The van der Waals surface area contributed by atoms with E-state index in [-0.39, 0.29) is 18.2 Å². The number of nitrogens with one attached hydrogen (secondary N) is 1. The standard InChI is InChI=1S/C17H29NO2/c1-5-14(3)20-17(19)18-15(4)16-11-9-7-6-8-10-13(2)12-16/h6-8,10,13-16H,5,9,11-12H2,1-4H3,(H,18,19)/b7-6-,10-8-. The van der Waals surface area contributed by atoms with Gasteiger partial charge in [0.2, 0.25) is 0 Å². The highest BCUT2D eigenvalue weighted by molar-refractivity contribution is 5.67. The van der Waals surface area contributed by atoms with E-state index in [1.165, 1.54) is 0 Å². The van der Waals surface area contributed by atoms with Crippen LogP contribution in [0.5, 0.6) is 0 Å². The summed E-state index contributed by atoms with van der Waals surface area (Å²) in [6.07, 6.45) is 12.5. The molecule has 0 spiro atoms. The summed E-state index contributed by atoms with van der Waals surface area (Å²) < 4.78 is 5.29. The van der Waals surface area contributed by atoms with Crippen molar-refractivity contribution in [2.45, 2.75) is 65.5 Å². The number of carbonyl (C=O) groups is 1. The van der Waals surface area contributed by atoms with Crippen LogP contribution in [0.25, 0.3) is 0 Å². The number of alkyl carbamates (subject to hydrolysis) is 1. The van der Waals surface area contributed by atoms with Crippen LogP contribution in [0, 0.1) is 11.8 Å². The molecule has 4 atom stereocenters. The number of rotatable bonds is 4. The van der Waals surface area contributed by atoms with Crippen LogP contribution in [0.15, 0.2) is 24.3 Å². The lowest BCUT2D eigenvalue weighted by atomic mass is 9.87. The number of hydrogen-bond donors (Lipinski definition) is 1. The summed E-state index contributed by atoms with van der Waals surface area (Å²) in [5, 5.41) is 2.99. The van der Waals surface area contributed by atoms with Gasteiger partial charge in [-0.05, 0) is 51.4 Å². The summed E-state index contributed by atoms with van der Waals surface area (Å²) in [6, 6.07) is 0.147. The van der Waals surface area contributed by atoms with Crippen molar-refractivity contribution < 1.29 is 9.53 Å². The lowest BCUT2D eigenvalue weighted by molar-refractivity contribution is 0.0985. The molecule has 1 N–H and O–H groups in total. The molecule has 114 valence electrons. The molecule has 0 heterocycles. The van der Waals surface area contributed by atoms with Gasteiger partial charge in [0.05, 0.1) is 0 Å². The van der Waals surface area contributed by atoms with E-state index in [9.17, 15) is 4.79 Å². The fourth-order valence-corrected chi connectivity index (χ4v) is 2.47. The van der Waals surface area contributed by atoms with Gasteiger partial charge in [-0.15, -0.1) is 0 Å². The molecule has 3 nitrogen and oxygen atoms in total. The molecule has 0 aromatic heterocycles. The smallest absolute Gasteiger partial charge is 0.407 e. The molecule has 0 fully saturated rings. The second kappa shape index (κ2) is 8.83. The minimum absolute atomic E-state index is 0.0208. The van der Waals surface area contributed by atoms with Gasteiger partial charge in [-0.1, -0.05) is 38.2 Å². The molecule has 20 heavy (non-hydrogen) atoms. The molecule has 0 radical (unpaired) electrons. The first-order chi connectivity index (χ1) is 9.52. The van der Waals surface area contributed by atoms with E-state index in [2.05, 4.69) is 43.5 Å². The first-order valence-electron chi connectivity index (χ1n) is 7.83. The van der Waals surface area contributed by atoms with Crippen molar-refractivity contribution in [3.63, 3.8) is 0 Å². The molecule has 0 aliphatic heterocycles. The largest absolute Gasteiger partial charge is 0.447 e. The molecule has 0 saturated carbocycles. The second-order valence-electron chi connectivity index (χ2n) is 5.92. The Morgan fingerprint density at radius 3 is 2.85 bits per heavy atom. The number of amides is 1. The maximum absolute atomic E-state index is 11.8. The topological polar surface area (TPSA) is 38.3 Å². The number of ether oxygens (including phenoxy) is 1. The van der Waals surface area contributed by atoms with E-state index in [1.54, 1.807) is 0 Å². The number of carbonyl (C=O) groups excluding carboxylic acids is 1. The minimum atomic E-state index is -0.287. The quantitative estimate of drug-likeness (QED) is 0.825. The Kier molecular flexibility index (Phi) is 7.42. The van der Waals surface area contributed by atoms with Crippen molar-refractivity contribution in [2.75, 3.05) is 0 Å². The average molecular weight is 279 g/mol. The molecular formula is C17H29NO2. The van der Waals surface area contributed by atoms with Gasteiger partial charge in [0.25, 0.3) is 0 Å². The molecule has 3 heteroatoms. The lowest BCUT2D eigenvalue weighted by Gasteiger charge is -2.26. The van der Waals surface area contributed by atoms with E-state index in [0.717, 1.165) is 25.7 Å². The SMILES string of the molecule is CCC(C)OC(=O)NC(C)C1CC/C=C\C=C/C(C)C1. The predicted octanol–water partition coefficient (Wildman–Crippen LogP) is 4.45. The van der Waals surface area contributed by atoms with Crippen LogP contribution in [0.4, 0.5) is 4.79 Å². The van der Waals surface area contributed by atoms with Crippen molar-refractivity contribution in [3.8, 4) is 0 Å². The summed E-state index contributed by atoms with van der Waals surface area (Å²) in [6.45, 7) is 8.25. The first kappa shape index (κ1) is 16.8. The fourth-order valence-electron chi connectivity index (χ4n) is 2.47. The molecule has 0 aromatic rings. The maximum Gasteiger partial charge on any atom is 0.407 e. The van der Waals surface area contributed by atoms with E-state index in [4.69, 9.17) is 4.74 Å². The molecule has 1 amide bonds. The zero-order valence-corrected chi connectivity index (χ0v) is 13.3. The Labute approximate surface area is 123 Å². The third kappa shape index (κ3) is 6.27. The van der Waals surface area contributed by atoms with Gasteiger partial charge >= 0.3 is 6.09 Å². The van der Waals surface area contributed by atoms with Gasteiger partial charge in [0, 0.05) is 6.04 Å². The summed E-state index contributed by atoms with van der Waals surface area (Å²) in [7, 11) is 0. The Morgan fingerprint density at radius 1 is 1.40 bits per heavy atom. The minimum Gasteiger partial charge on any atom is -0.447 e. The fraction of sp³-hybridized carbons (Fsp3) is 0.706. The highest BCUT2D eigenvalue weighted by atomic mass is 16.6. The molecule has 1 aliphatic rings. The van der Waals surface area contributed by atoms with Crippen LogP contribution in [-0.2, 0) is 4.74 Å². The zero-order valence-electron chi connectivity index (χ0n) is 13.3. The monoisotopic (exact) mass is 279 g/mol. The molecule has 4 unspecified atom stereocenters. The van der Waals surface area contributed by atoms with Gasteiger partial charge in [-0.25, -0.2) is 4.79 Å². The second-order valence-corrected chi connectivity index (χ2v) is 5.92. The zero-order chi connectivity index (χ0) is 15.0. The third-order valence-corrected chi connectivity index (χ3v) is 4.00. The van der Waals surface area contributed by atoms with Gasteiger partial charge in [-0.3, -0.25) is 0 Å². The average Bonchev–Trinajstić information content (AvgIpc) is 2.50. The lowest BCUT2D eigenvalue weighted by Crippen LogP contribution is -2.40. The molecule has 0 bridgehead atoms. The van der Waals surface area contributed by atoms with Gasteiger partial charge < -0.3 is 10.1 Å². The van der Waals surface area contributed by atoms with Crippen LogP contribution in [0.2, 0.25) is 0 Å². The summed E-state index contributed by atoms with van der Waals surface area (Å²) in [5.41, 5.74) is 0. The van der Waals surface area contributed by atoms with Gasteiger partial charge in [0.15, 0.2) is 0 Å². The highest BCUT2D eigenvalue weighted by Crippen LogP contribution is 2.23. The Balaban J connectivity index is 2.51. The van der Waals surface area contributed by atoms with Crippen molar-refractivity contribution >= 4 is 6.09 Å². The highest BCUT2D eigenvalue weighted by Gasteiger charge is 2.21. The Morgan fingerprint density at radius 2 is 2.15 bits per heavy atom. The van der Waals surface area contributed by atoms with Crippen molar-refractivity contribution in [3.05, 3.63) is 24.3 Å².